The van der Waals surface area contributed by atoms with Crippen LogP contribution in [0, 0.1) is 12.7 Å². The van der Waals surface area contributed by atoms with Gasteiger partial charge in [0.15, 0.2) is 5.65 Å². The number of amides is 1. The van der Waals surface area contributed by atoms with E-state index < -0.39 is 6.04 Å². The Bertz CT molecular complexity index is 1240. The largest absolute Gasteiger partial charge is 0.324 e. The molecule has 0 unspecified atom stereocenters. The lowest BCUT2D eigenvalue weighted by atomic mass is 10.2. The quantitative estimate of drug-likeness (QED) is 0.579. The molecule has 2 aromatic heterocycles. The van der Waals surface area contributed by atoms with Gasteiger partial charge in [-0.1, -0.05) is 17.7 Å². The van der Waals surface area contributed by atoms with Crippen LogP contribution in [0.4, 0.5) is 10.1 Å². The predicted molar refractivity (Wildman–Crippen MR) is 108 cm³/mol. The van der Waals surface area contributed by atoms with Crippen molar-refractivity contribution < 1.29 is 9.18 Å². The van der Waals surface area contributed by atoms with Gasteiger partial charge in [0, 0.05) is 5.69 Å². The lowest BCUT2D eigenvalue weighted by Crippen LogP contribution is -2.31. The average molecular weight is 391 g/mol. The van der Waals surface area contributed by atoms with Gasteiger partial charge in [-0.05, 0) is 50.2 Å². The van der Waals surface area contributed by atoms with E-state index in [-0.39, 0.29) is 22.7 Å². The molecule has 4 aromatic rings. The Kier molecular flexibility index (Phi) is 4.67. The first-order chi connectivity index (χ1) is 13.9. The maximum Gasteiger partial charge on any atom is 0.265 e. The zero-order chi connectivity index (χ0) is 20.5. The number of halogens is 1. The summed E-state index contributed by atoms with van der Waals surface area (Å²) in [5, 5.41) is 7.26. The van der Waals surface area contributed by atoms with Crippen molar-refractivity contribution >= 4 is 22.6 Å². The Morgan fingerprint density at radius 3 is 2.48 bits per heavy atom. The van der Waals surface area contributed by atoms with Crippen molar-refractivity contribution in [1.82, 2.24) is 19.3 Å². The molecule has 0 radical (unpaired) electrons. The molecule has 0 fully saturated rings. The van der Waals surface area contributed by atoms with Crippen LogP contribution in [0.1, 0.15) is 18.5 Å². The molecule has 0 aliphatic heterocycles. The number of rotatable bonds is 4. The summed E-state index contributed by atoms with van der Waals surface area (Å²) in [4.78, 5) is 29.8. The Labute approximate surface area is 165 Å². The number of hydrogen-bond acceptors (Lipinski definition) is 4. The van der Waals surface area contributed by atoms with Crippen LogP contribution in [0.25, 0.3) is 16.7 Å². The van der Waals surface area contributed by atoms with Gasteiger partial charge in [0.05, 0.1) is 11.9 Å². The van der Waals surface area contributed by atoms with Crippen molar-refractivity contribution in [2.24, 2.45) is 0 Å². The van der Waals surface area contributed by atoms with E-state index in [2.05, 4.69) is 15.4 Å². The van der Waals surface area contributed by atoms with E-state index in [0.29, 0.717) is 17.0 Å². The number of fused-ring (bicyclic) bond motifs is 1. The molecule has 1 amide bonds. The summed E-state index contributed by atoms with van der Waals surface area (Å²) >= 11 is 0. The summed E-state index contributed by atoms with van der Waals surface area (Å²) < 4.78 is 15.9. The van der Waals surface area contributed by atoms with Crippen molar-refractivity contribution in [3.8, 4) is 5.69 Å². The normalized spacial score (nSPS) is 12.1. The summed E-state index contributed by atoms with van der Waals surface area (Å²) in [5.41, 5.74) is 2.27. The SMILES string of the molecule is Cc1ccc(NC(=O)[C@@H](C)n2cnc3c(cnn3-c3ccc(F)cc3)c2=O)cc1. The molecule has 29 heavy (non-hydrogen) atoms. The number of carbonyl (C=O) groups excluding carboxylic acids is 1. The van der Waals surface area contributed by atoms with Crippen LogP contribution in [0.2, 0.25) is 0 Å². The Balaban J connectivity index is 1.65. The van der Waals surface area contributed by atoms with Crippen LogP contribution in [-0.2, 0) is 4.79 Å². The smallest absolute Gasteiger partial charge is 0.265 e. The Hall–Kier alpha value is -3.81. The fourth-order valence-electron chi connectivity index (χ4n) is 2.98. The predicted octanol–water partition coefficient (Wildman–Crippen LogP) is 3.23. The van der Waals surface area contributed by atoms with Crippen LogP contribution < -0.4 is 10.9 Å². The zero-order valence-corrected chi connectivity index (χ0v) is 15.8. The number of nitrogens with zero attached hydrogens (tertiary/aromatic N) is 4. The molecule has 2 aromatic carbocycles. The van der Waals surface area contributed by atoms with E-state index in [1.54, 1.807) is 31.2 Å². The molecule has 1 N–H and O–H groups in total. The van der Waals surface area contributed by atoms with Gasteiger partial charge in [-0.15, -0.1) is 0 Å². The van der Waals surface area contributed by atoms with Crippen LogP contribution in [0.3, 0.4) is 0 Å². The summed E-state index contributed by atoms with van der Waals surface area (Å²) in [6.07, 6.45) is 2.72. The number of hydrogen-bond donors (Lipinski definition) is 1. The molecular formula is C21H18FN5O2. The van der Waals surface area contributed by atoms with Crippen LogP contribution >= 0.6 is 0 Å². The molecule has 0 aliphatic carbocycles. The average Bonchev–Trinajstić information content (AvgIpc) is 3.15. The standard InChI is InChI=1S/C21H18FN5O2/c1-13-3-7-16(8-4-13)25-20(28)14(2)26-12-23-19-18(21(26)29)11-24-27(19)17-9-5-15(22)6-10-17/h3-12,14H,1-2H3,(H,25,28)/t14-/m1/s1. The minimum absolute atomic E-state index is 0.270. The molecule has 0 saturated carbocycles. The second-order valence-electron chi connectivity index (χ2n) is 6.76. The van der Waals surface area contributed by atoms with E-state index in [4.69, 9.17) is 0 Å². The summed E-state index contributed by atoms with van der Waals surface area (Å²) in [7, 11) is 0. The third kappa shape index (κ3) is 3.52. The molecule has 0 saturated heterocycles. The van der Waals surface area contributed by atoms with Crippen molar-refractivity contribution in [2.75, 3.05) is 5.32 Å². The topological polar surface area (TPSA) is 81.8 Å². The molecule has 0 bridgehead atoms. The molecule has 146 valence electrons. The highest BCUT2D eigenvalue weighted by molar-refractivity contribution is 5.93. The lowest BCUT2D eigenvalue weighted by Gasteiger charge is -2.15. The molecule has 8 heteroatoms. The van der Waals surface area contributed by atoms with Gasteiger partial charge < -0.3 is 5.32 Å². The van der Waals surface area contributed by atoms with Gasteiger partial charge in [-0.25, -0.2) is 14.1 Å². The number of aromatic nitrogens is 4. The van der Waals surface area contributed by atoms with Gasteiger partial charge in [-0.2, -0.15) is 5.10 Å². The van der Waals surface area contributed by atoms with Gasteiger partial charge in [-0.3, -0.25) is 14.2 Å². The van der Waals surface area contributed by atoms with Crippen molar-refractivity contribution in [3.05, 3.63) is 82.8 Å². The Morgan fingerprint density at radius 2 is 1.79 bits per heavy atom. The second kappa shape index (κ2) is 7.31. The van der Waals surface area contributed by atoms with Crippen molar-refractivity contribution in [1.29, 1.82) is 0 Å². The number of benzene rings is 2. The molecule has 1 atom stereocenters. The third-order valence-corrected chi connectivity index (χ3v) is 4.70. The maximum absolute atomic E-state index is 13.2. The minimum atomic E-state index is -0.769. The Morgan fingerprint density at radius 1 is 1.10 bits per heavy atom. The number of carbonyl (C=O) groups is 1. The van der Waals surface area contributed by atoms with E-state index in [1.165, 1.54) is 33.9 Å². The van der Waals surface area contributed by atoms with Gasteiger partial charge >= 0.3 is 0 Å². The zero-order valence-electron chi connectivity index (χ0n) is 15.8. The van der Waals surface area contributed by atoms with E-state index in [9.17, 15) is 14.0 Å². The number of anilines is 1. The minimum Gasteiger partial charge on any atom is -0.324 e. The van der Waals surface area contributed by atoms with Gasteiger partial charge in [0.1, 0.15) is 23.6 Å². The first kappa shape index (κ1) is 18.5. The fourth-order valence-corrected chi connectivity index (χ4v) is 2.98. The number of aryl methyl sites for hydroxylation is 1. The highest BCUT2D eigenvalue weighted by atomic mass is 19.1. The van der Waals surface area contributed by atoms with E-state index in [0.717, 1.165) is 5.56 Å². The molecule has 4 rings (SSSR count). The number of nitrogens with one attached hydrogen (secondary N) is 1. The monoisotopic (exact) mass is 391 g/mol. The van der Waals surface area contributed by atoms with Gasteiger partial charge in [0.2, 0.25) is 5.91 Å². The van der Waals surface area contributed by atoms with E-state index >= 15 is 0 Å². The first-order valence-electron chi connectivity index (χ1n) is 9.02. The highest BCUT2D eigenvalue weighted by Crippen LogP contribution is 2.16. The third-order valence-electron chi connectivity index (χ3n) is 4.70. The molecule has 0 spiro atoms. The molecule has 2 heterocycles. The van der Waals surface area contributed by atoms with E-state index in [1.807, 2.05) is 19.1 Å². The van der Waals surface area contributed by atoms with Crippen LogP contribution in [0.5, 0.6) is 0 Å². The van der Waals surface area contributed by atoms with Crippen molar-refractivity contribution in [2.45, 2.75) is 19.9 Å². The molecular weight excluding hydrogens is 373 g/mol. The molecule has 7 nitrogen and oxygen atoms in total. The first-order valence-corrected chi connectivity index (χ1v) is 9.02. The second-order valence-corrected chi connectivity index (χ2v) is 6.76. The fraction of sp³-hybridized carbons (Fsp3) is 0.143. The molecule has 0 aliphatic rings. The van der Waals surface area contributed by atoms with Gasteiger partial charge in [0.25, 0.3) is 5.56 Å². The summed E-state index contributed by atoms with van der Waals surface area (Å²) in [6.45, 7) is 3.59. The summed E-state index contributed by atoms with van der Waals surface area (Å²) in [6, 6.07) is 12.3. The summed E-state index contributed by atoms with van der Waals surface area (Å²) in [5.74, 6) is -0.697. The van der Waals surface area contributed by atoms with Crippen LogP contribution in [-0.4, -0.2) is 25.2 Å². The van der Waals surface area contributed by atoms with Crippen LogP contribution in [0.15, 0.2) is 65.8 Å². The highest BCUT2D eigenvalue weighted by Gasteiger charge is 2.19. The maximum atomic E-state index is 13.2. The lowest BCUT2D eigenvalue weighted by molar-refractivity contribution is -0.118. The van der Waals surface area contributed by atoms with Crippen molar-refractivity contribution in [3.63, 3.8) is 0 Å².